The number of nitrogens with zero attached hydrogens (tertiary/aromatic N) is 1. The Morgan fingerprint density at radius 2 is 2.07 bits per heavy atom. The number of methoxy groups -OCH3 is 1. The molecule has 1 atom stereocenters. The summed E-state index contributed by atoms with van der Waals surface area (Å²) in [6.07, 6.45) is 3.02. The number of hydrogen-bond acceptors (Lipinski definition) is 5. The van der Waals surface area contributed by atoms with Gasteiger partial charge in [0.05, 0.1) is 18.6 Å². The maximum absolute atomic E-state index is 12.8. The fraction of sp³-hybridized carbons (Fsp3) is 0.238. The Balaban J connectivity index is 1.52. The molecule has 2 aliphatic heterocycles. The number of hydrogen-bond donors (Lipinski definition) is 0. The molecule has 0 spiro atoms. The highest BCUT2D eigenvalue weighted by Gasteiger charge is 2.32. The Kier molecular flexibility index (Phi) is 4.93. The van der Waals surface area contributed by atoms with Crippen molar-refractivity contribution in [3.63, 3.8) is 0 Å². The van der Waals surface area contributed by atoms with Crippen LogP contribution in [0.3, 0.4) is 0 Å². The Morgan fingerprint density at radius 1 is 1.30 bits per heavy atom. The van der Waals surface area contributed by atoms with E-state index < -0.39 is 0 Å². The Morgan fingerprint density at radius 3 is 2.81 bits per heavy atom. The van der Waals surface area contributed by atoms with Crippen LogP contribution < -0.4 is 9.47 Å². The van der Waals surface area contributed by atoms with Gasteiger partial charge in [0, 0.05) is 6.42 Å². The van der Waals surface area contributed by atoms with E-state index in [4.69, 9.17) is 21.7 Å². The van der Waals surface area contributed by atoms with Gasteiger partial charge >= 0.3 is 0 Å². The van der Waals surface area contributed by atoms with Gasteiger partial charge in [0.15, 0.2) is 0 Å². The fourth-order valence-corrected chi connectivity index (χ4v) is 4.49. The van der Waals surface area contributed by atoms with Crippen LogP contribution in [0.15, 0.2) is 47.4 Å². The molecule has 2 aromatic rings. The minimum Gasteiger partial charge on any atom is -0.497 e. The van der Waals surface area contributed by atoms with E-state index in [1.807, 2.05) is 42.5 Å². The summed E-state index contributed by atoms with van der Waals surface area (Å²) in [4.78, 5) is 15.1. The zero-order valence-corrected chi connectivity index (χ0v) is 16.7. The number of thioether (sulfide) groups is 1. The largest absolute Gasteiger partial charge is 0.497 e. The number of carbonyl (C=O) groups is 1. The van der Waals surface area contributed by atoms with Gasteiger partial charge in [-0.1, -0.05) is 42.2 Å². The molecule has 2 heterocycles. The summed E-state index contributed by atoms with van der Waals surface area (Å²) in [5.41, 5.74) is 3.19. The molecule has 1 saturated heterocycles. The zero-order valence-electron chi connectivity index (χ0n) is 15.1. The highest BCUT2D eigenvalue weighted by molar-refractivity contribution is 8.26. The Labute approximate surface area is 168 Å². The van der Waals surface area contributed by atoms with Gasteiger partial charge in [-0.05, 0) is 54.0 Å². The van der Waals surface area contributed by atoms with Crippen molar-refractivity contribution in [2.24, 2.45) is 0 Å². The zero-order chi connectivity index (χ0) is 19.0. The highest BCUT2D eigenvalue weighted by Crippen LogP contribution is 2.35. The number of thiocarbonyl (C=S) groups is 1. The van der Waals surface area contributed by atoms with Crippen molar-refractivity contribution < 1.29 is 14.3 Å². The number of carbonyl (C=O) groups excluding carboxylic acids is 1. The second kappa shape index (κ2) is 7.37. The molecule has 6 heteroatoms. The highest BCUT2D eigenvalue weighted by atomic mass is 32.2. The number of fused-ring (bicyclic) bond motifs is 1. The first kappa shape index (κ1) is 18.1. The van der Waals surface area contributed by atoms with Crippen LogP contribution in [-0.4, -0.2) is 28.3 Å². The summed E-state index contributed by atoms with van der Waals surface area (Å²) in [7, 11) is 1.63. The van der Waals surface area contributed by atoms with Crippen molar-refractivity contribution in [1.29, 1.82) is 0 Å². The third-order valence-electron chi connectivity index (χ3n) is 4.59. The molecule has 4 rings (SSSR count). The van der Waals surface area contributed by atoms with E-state index >= 15 is 0 Å². The second-order valence-electron chi connectivity index (χ2n) is 6.62. The Hall–Kier alpha value is -2.31. The summed E-state index contributed by atoms with van der Waals surface area (Å²) in [5.74, 6) is 1.68. The lowest BCUT2D eigenvalue weighted by Gasteiger charge is -2.14. The molecule has 2 aromatic carbocycles. The average Bonchev–Trinajstić information content (AvgIpc) is 3.15. The molecule has 0 bridgehead atoms. The summed E-state index contributed by atoms with van der Waals surface area (Å²) in [6, 6.07) is 13.7. The minimum absolute atomic E-state index is 0.0501. The van der Waals surface area contributed by atoms with Crippen LogP contribution in [0.4, 0.5) is 0 Å². The molecule has 2 aliphatic rings. The lowest BCUT2D eigenvalue weighted by atomic mass is 10.1. The van der Waals surface area contributed by atoms with Crippen LogP contribution in [0.1, 0.15) is 23.6 Å². The number of rotatable bonds is 4. The van der Waals surface area contributed by atoms with Crippen molar-refractivity contribution in [1.82, 2.24) is 4.90 Å². The van der Waals surface area contributed by atoms with Crippen LogP contribution in [0.2, 0.25) is 0 Å². The molecule has 1 unspecified atom stereocenters. The van der Waals surface area contributed by atoms with Gasteiger partial charge in [0.1, 0.15) is 21.9 Å². The van der Waals surface area contributed by atoms with Crippen molar-refractivity contribution in [2.75, 3.05) is 7.11 Å². The third kappa shape index (κ3) is 3.73. The predicted octanol–water partition coefficient (Wildman–Crippen LogP) is 4.42. The molecule has 138 valence electrons. The van der Waals surface area contributed by atoms with Gasteiger partial charge in [-0.3, -0.25) is 9.69 Å². The average molecular weight is 398 g/mol. The van der Waals surface area contributed by atoms with Crippen LogP contribution in [0.25, 0.3) is 6.08 Å². The van der Waals surface area contributed by atoms with Gasteiger partial charge in [-0.2, -0.15) is 0 Å². The normalized spacial score (nSPS) is 20.1. The topological polar surface area (TPSA) is 38.8 Å². The first-order valence-corrected chi connectivity index (χ1v) is 9.94. The summed E-state index contributed by atoms with van der Waals surface area (Å²) in [6.45, 7) is 2.52. The van der Waals surface area contributed by atoms with Crippen LogP contribution in [0.5, 0.6) is 11.5 Å². The number of benzene rings is 2. The van der Waals surface area contributed by atoms with E-state index in [2.05, 4.69) is 13.0 Å². The van der Waals surface area contributed by atoms with Crippen LogP contribution >= 0.6 is 24.0 Å². The third-order valence-corrected chi connectivity index (χ3v) is 5.97. The quantitative estimate of drug-likeness (QED) is 0.564. The lowest BCUT2D eigenvalue weighted by molar-refractivity contribution is -0.122. The van der Waals surface area contributed by atoms with Crippen molar-refractivity contribution in [2.45, 2.75) is 26.0 Å². The lowest BCUT2D eigenvalue weighted by Crippen LogP contribution is -2.27. The number of amides is 1. The standard InChI is InChI=1S/C21H19NO3S2/c1-13-9-16-10-15(5-8-18(16)25-13)11-19-20(23)22(21(26)27-19)12-14-3-6-17(24-2)7-4-14/h3-8,10-11,13H,9,12H2,1-2H3. The molecule has 0 saturated carbocycles. The van der Waals surface area contributed by atoms with E-state index in [1.165, 1.54) is 17.3 Å². The van der Waals surface area contributed by atoms with E-state index in [0.29, 0.717) is 15.8 Å². The molecule has 4 nitrogen and oxygen atoms in total. The fourth-order valence-electron chi connectivity index (χ4n) is 3.23. The molecule has 0 aromatic heterocycles. The van der Waals surface area contributed by atoms with E-state index in [1.54, 1.807) is 12.0 Å². The molecule has 27 heavy (non-hydrogen) atoms. The van der Waals surface area contributed by atoms with Crippen molar-refractivity contribution in [3.8, 4) is 11.5 Å². The SMILES string of the molecule is COc1ccc(CN2C(=O)C(=Cc3ccc4c(c3)CC(C)O4)SC2=S)cc1. The van der Waals surface area contributed by atoms with E-state index in [9.17, 15) is 4.79 Å². The van der Waals surface area contributed by atoms with Gasteiger partial charge in [0.25, 0.3) is 5.91 Å². The van der Waals surface area contributed by atoms with Crippen molar-refractivity contribution in [3.05, 3.63) is 64.1 Å². The first-order chi connectivity index (χ1) is 13.0. The summed E-state index contributed by atoms with van der Waals surface area (Å²) >= 11 is 6.79. The van der Waals surface area contributed by atoms with Gasteiger partial charge in [-0.15, -0.1) is 0 Å². The second-order valence-corrected chi connectivity index (χ2v) is 8.29. The molecule has 0 radical (unpaired) electrons. The maximum atomic E-state index is 12.8. The summed E-state index contributed by atoms with van der Waals surface area (Å²) < 4.78 is 11.5. The van der Waals surface area contributed by atoms with Gasteiger partial charge < -0.3 is 9.47 Å². The molecule has 1 fully saturated rings. The van der Waals surface area contributed by atoms with Crippen molar-refractivity contribution >= 4 is 40.3 Å². The van der Waals surface area contributed by atoms with E-state index in [-0.39, 0.29) is 12.0 Å². The Bertz CT molecular complexity index is 937. The molecule has 0 N–H and O–H groups in total. The molecular weight excluding hydrogens is 378 g/mol. The molecule has 0 aliphatic carbocycles. The monoisotopic (exact) mass is 397 g/mol. The minimum atomic E-state index is -0.0501. The van der Waals surface area contributed by atoms with Crippen LogP contribution in [0, 0.1) is 0 Å². The van der Waals surface area contributed by atoms with Gasteiger partial charge in [-0.25, -0.2) is 0 Å². The number of ether oxygens (including phenoxy) is 2. The maximum Gasteiger partial charge on any atom is 0.266 e. The summed E-state index contributed by atoms with van der Waals surface area (Å²) in [5, 5.41) is 0. The predicted molar refractivity (Wildman–Crippen MR) is 112 cm³/mol. The molecule has 1 amide bonds. The van der Waals surface area contributed by atoms with Crippen LogP contribution in [-0.2, 0) is 17.8 Å². The van der Waals surface area contributed by atoms with E-state index in [0.717, 1.165) is 29.0 Å². The smallest absolute Gasteiger partial charge is 0.266 e. The first-order valence-electron chi connectivity index (χ1n) is 8.71. The van der Waals surface area contributed by atoms with Gasteiger partial charge in [0.2, 0.25) is 0 Å². The molecular formula is C21H19NO3S2.